The molecule has 0 N–H and O–H groups in total. The van der Waals surface area contributed by atoms with Crippen molar-refractivity contribution in [3.8, 4) is 0 Å². The molecular weight excluding hydrogens is 246 g/mol. The van der Waals surface area contributed by atoms with Crippen LogP contribution in [0.4, 0.5) is 8.78 Å². The molecule has 5 heteroatoms. The average Bonchev–Trinajstić information content (AvgIpc) is 2.32. The molecule has 92 valence electrons. The lowest BCUT2D eigenvalue weighted by Crippen LogP contribution is -2.01. The van der Waals surface area contributed by atoms with Gasteiger partial charge >= 0.3 is 5.97 Å². The summed E-state index contributed by atoms with van der Waals surface area (Å²) >= 11 is 1.12. The molecule has 0 atom stereocenters. The topological polar surface area (TPSA) is 26.3 Å². The Morgan fingerprint density at radius 2 is 2.18 bits per heavy atom. The van der Waals surface area contributed by atoms with Gasteiger partial charge in [0.25, 0.3) is 0 Å². The first kappa shape index (κ1) is 13.7. The van der Waals surface area contributed by atoms with Gasteiger partial charge < -0.3 is 4.74 Å². The lowest BCUT2D eigenvalue weighted by Gasteiger charge is -2.02. The van der Waals surface area contributed by atoms with Gasteiger partial charge in [0.2, 0.25) is 0 Å². The van der Waals surface area contributed by atoms with E-state index >= 15 is 0 Å². The Morgan fingerprint density at radius 1 is 1.47 bits per heavy atom. The largest absolute Gasteiger partial charge is 0.466 e. The summed E-state index contributed by atoms with van der Waals surface area (Å²) < 4.78 is 30.6. The van der Waals surface area contributed by atoms with E-state index in [-0.39, 0.29) is 4.90 Å². The highest BCUT2D eigenvalue weighted by molar-refractivity contribution is 7.99. The molecule has 1 rings (SSSR count). The zero-order valence-electron chi connectivity index (χ0n) is 9.50. The highest BCUT2D eigenvalue weighted by Gasteiger charge is 2.05. The van der Waals surface area contributed by atoms with Crippen LogP contribution in [0.5, 0.6) is 0 Å². The van der Waals surface area contributed by atoms with Crippen LogP contribution in [-0.2, 0) is 9.53 Å². The number of carbonyl (C=O) groups excluding carboxylic acids is 1. The molecule has 17 heavy (non-hydrogen) atoms. The highest BCUT2D eigenvalue weighted by Crippen LogP contribution is 2.23. The smallest absolute Gasteiger partial charge is 0.333 e. The fourth-order valence-electron chi connectivity index (χ4n) is 1.09. The minimum atomic E-state index is -0.484. The van der Waals surface area contributed by atoms with Gasteiger partial charge in [-0.1, -0.05) is 6.08 Å². The van der Waals surface area contributed by atoms with Crippen molar-refractivity contribution in [1.29, 1.82) is 0 Å². The number of hydrogen-bond acceptors (Lipinski definition) is 3. The summed E-state index contributed by atoms with van der Waals surface area (Å²) in [4.78, 5) is 11.3. The summed E-state index contributed by atoms with van der Waals surface area (Å²) in [6.07, 6.45) is 1.61. The van der Waals surface area contributed by atoms with Crippen LogP contribution in [0.3, 0.4) is 0 Å². The molecule has 0 aliphatic rings. The molecule has 0 amide bonds. The van der Waals surface area contributed by atoms with E-state index in [4.69, 9.17) is 0 Å². The van der Waals surface area contributed by atoms with Crippen LogP contribution in [0.25, 0.3) is 0 Å². The van der Waals surface area contributed by atoms with Crippen LogP contribution in [-0.4, -0.2) is 18.8 Å². The van der Waals surface area contributed by atoms with Crippen molar-refractivity contribution in [3.05, 3.63) is 41.5 Å². The second-order valence-corrected chi connectivity index (χ2v) is 4.33. The average molecular weight is 258 g/mol. The van der Waals surface area contributed by atoms with Crippen LogP contribution in [0.2, 0.25) is 0 Å². The summed E-state index contributed by atoms with van der Waals surface area (Å²) in [6.45, 7) is 1.61. The van der Waals surface area contributed by atoms with Gasteiger partial charge in [-0.25, -0.2) is 13.6 Å². The molecule has 0 fully saturated rings. The number of rotatable bonds is 4. The molecule has 0 saturated carbocycles. The Morgan fingerprint density at radius 3 is 2.82 bits per heavy atom. The van der Waals surface area contributed by atoms with E-state index in [0.29, 0.717) is 11.3 Å². The summed E-state index contributed by atoms with van der Waals surface area (Å²) in [6, 6.07) is 3.27. The zero-order chi connectivity index (χ0) is 12.8. The number of thioether (sulfide) groups is 1. The van der Waals surface area contributed by atoms with Gasteiger partial charge in [0, 0.05) is 16.2 Å². The van der Waals surface area contributed by atoms with Gasteiger partial charge in [-0.05, 0) is 25.1 Å². The van der Waals surface area contributed by atoms with E-state index in [0.717, 1.165) is 30.0 Å². The molecular formula is C12H12F2O2S. The third kappa shape index (κ3) is 4.19. The van der Waals surface area contributed by atoms with Crippen molar-refractivity contribution in [2.75, 3.05) is 12.9 Å². The van der Waals surface area contributed by atoms with Gasteiger partial charge in [0.15, 0.2) is 0 Å². The van der Waals surface area contributed by atoms with Gasteiger partial charge in [0.05, 0.1) is 7.11 Å². The fraction of sp³-hybridized carbons (Fsp3) is 0.250. The van der Waals surface area contributed by atoms with Crippen molar-refractivity contribution < 1.29 is 18.3 Å². The normalized spacial score (nSPS) is 11.4. The SMILES string of the molecule is COC(=O)C(C)=CCSc1cc(F)ccc1F. The maximum atomic E-state index is 13.2. The number of carbonyl (C=O) groups is 1. The van der Waals surface area contributed by atoms with Crippen LogP contribution in [0, 0.1) is 11.6 Å². The second kappa shape index (κ2) is 6.39. The van der Waals surface area contributed by atoms with Crippen molar-refractivity contribution in [1.82, 2.24) is 0 Å². The Bertz CT molecular complexity index is 444. The lowest BCUT2D eigenvalue weighted by atomic mass is 10.3. The van der Waals surface area contributed by atoms with Gasteiger partial charge in [-0.2, -0.15) is 0 Å². The lowest BCUT2D eigenvalue weighted by molar-refractivity contribution is -0.136. The van der Waals surface area contributed by atoms with Crippen molar-refractivity contribution in [3.63, 3.8) is 0 Å². The molecule has 0 heterocycles. The molecule has 0 aliphatic heterocycles. The first-order chi connectivity index (χ1) is 8.04. The van der Waals surface area contributed by atoms with Crippen molar-refractivity contribution >= 4 is 17.7 Å². The molecule has 1 aromatic carbocycles. The predicted octanol–water partition coefficient (Wildman–Crippen LogP) is 3.18. The van der Waals surface area contributed by atoms with Crippen molar-refractivity contribution in [2.24, 2.45) is 0 Å². The number of hydrogen-bond donors (Lipinski definition) is 0. The quantitative estimate of drug-likeness (QED) is 0.471. The minimum Gasteiger partial charge on any atom is -0.466 e. The maximum Gasteiger partial charge on any atom is 0.333 e. The molecule has 0 saturated heterocycles. The van der Waals surface area contributed by atoms with Gasteiger partial charge in [-0.3, -0.25) is 0 Å². The maximum absolute atomic E-state index is 13.2. The van der Waals surface area contributed by atoms with Crippen LogP contribution < -0.4 is 0 Å². The summed E-state index contributed by atoms with van der Waals surface area (Å²) in [5.41, 5.74) is 0.441. The predicted molar refractivity (Wildman–Crippen MR) is 62.9 cm³/mol. The van der Waals surface area contributed by atoms with E-state index < -0.39 is 17.6 Å². The molecule has 0 spiro atoms. The van der Waals surface area contributed by atoms with Crippen LogP contribution in [0.1, 0.15) is 6.92 Å². The monoisotopic (exact) mass is 258 g/mol. The molecule has 0 radical (unpaired) electrons. The standard InChI is InChI=1S/C12H12F2O2S/c1-8(12(15)16-2)5-6-17-11-7-9(13)3-4-10(11)14/h3-5,7H,6H2,1-2H3. The Hall–Kier alpha value is -1.36. The first-order valence-electron chi connectivity index (χ1n) is 4.87. The number of benzene rings is 1. The highest BCUT2D eigenvalue weighted by atomic mass is 32.2. The Kier molecular flexibility index (Phi) is 5.15. The fourth-order valence-corrected chi connectivity index (χ4v) is 2.00. The summed E-state index contributed by atoms with van der Waals surface area (Å²) in [5, 5.41) is 0. The third-order valence-corrected chi connectivity index (χ3v) is 2.99. The third-order valence-electron chi connectivity index (χ3n) is 2.03. The van der Waals surface area contributed by atoms with E-state index in [1.54, 1.807) is 13.0 Å². The molecule has 0 unspecified atom stereocenters. The second-order valence-electron chi connectivity index (χ2n) is 3.26. The minimum absolute atomic E-state index is 0.221. The molecule has 1 aromatic rings. The number of esters is 1. The number of ether oxygens (including phenoxy) is 1. The van der Waals surface area contributed by atoms with E-state index in [1.165, 1.54) is 7.11 Å². The first-order valence-corrected chi connectivity index (χ1v) is 5.86. The van der Waals surface area contributed by atoms with Gasteiger partial charge in [-0.15, -0.1) is 11.8 Å². The van der Waals surface area contributed by atoms with E-state index in [9.17, 15) is 13.6 Å². The van der Waals surface area contributed by atoms with Crippen LogP contribution in [0.15, 0.2) is 34.7 Å². The van der Waals surface area contributed by atoms with Crippen LogP contribution >= 0.6 is 11.8 Å². The zero-order valence-corrected chi connectivity index (χ0v) is 10.3. The van der Waals surface area contributed by atoms with Crippen molar-refractivity contribution in [2.45, 2.75) is 11.8 Å². The molecule has 0 aliphatic carbocycles. The number of methoxy groups -OCH3 is 1. The van der Waals surface area contributed by atoms with E-state index in [2.05, 4.69) is 4.74 Å². The molecule has 0 bridgehead atoms. The Balaban J connectivity index is 2.62. The molecule has 2 nitrogen and oxygen atoms in total. The Labute approximate surface area is 103 Å². The van der Waals surface area contributed by atoms with Gasteiger partial charge in [0.1, 0.15) is 11.6 Å². The molecule has 0 aromatic heterocycles. The van der Waals surface area contributed by atoms with E-state index in [1.807, 2.05) is 0 Å². The summed E-state index contributed by atoms with van der Waals surface area (Å²) in [5.74, 6) is -1.00. The number of halogens is 2. The summed E-state index contributed by atoms with van der Waals surface area (Å²) in [7, 11) is 1.29.